The molecule has 1 aromatic heterocycles. The van der Waals surface area contributed by atoms with Gasteiger partial charge in [-0.05, 0) is 165 Å². The van der Waals surface area contributed by atoms with Crippen molar-refractivity contribution >= 4 is 59.4 Å². The number of anilines is 1. The minimum absolute atomic E-state index is 0. The molecule has 2 fully saturated rings. The summed E-state index contributed by atoms with van der Waals surface area (Å²) in [6.07, 6.45) is 8.60. The molecule has 4 atom stereocenters. The number of aromatic amines is 1. The van der Waals surface area contributed by atoms with Crippen LogP contribution in [0.4, 0.5) is 5.82 Å². The van der Waals surface area contributed by atoms with Crippen molar-refractivity contribution in [3.8, 4) is 0 Å². The number of amides is 2. The predicted octanol–water partition coefficient (Wildman–Crippen LogP) is 17.1. The van der Waals surface area contributed by atoms with Gasteiger partial charge in [0.2, 0.25) is 5.91 Å². The molecule has 2 aliphatic carbocycles. The van der Waals surface area contributed by atoms with Crippen LogP contribution >= 0.6 is 0 Å². The first-order valence-electron chi connectivity index (χ1n) is 34.6. The fraction of sp³-hybridized carbons (Fsp3) is 0.787. The first kappa shape index (κ1) is 83.4. The van der Waals surface area contributed by atoms with E-state index in [0.29, 0.717) is 84.9 Å². The maximum atomic E-state index is 15.5. The number of ether oxygens (including phenoxy) is 4. The van der Waals surface area contributed by atoms with Gasteiger partial charge in [0.05, 0.1) is 17.4 Å². The van der Waals surface area contributed by atoms with Crippen LogP contribution in [-0.4, -0.2) is 77.9 Å². The summed E-state index contributed by atoms with van der Waals surface area (Å²) in [5.41, 5.74) is 0.328. The Balaban J connectivity index is 0.00000131. The third-order valence-corrected chi connectivity index (χ3v) is 21.0. The summed E-state index contributed by atoms with van der Waals surface area (Å²) >= 11 is 0. The minimum atomic E-state index is -1.30. The molecule has 0 aromatic carbocycles. The van der Waals surface area contributed by atoms with Crippen LogP contribution in [-0.2, 0) is 67.2 Å². The zero-order chi connectivity index (χ0) is 69.9. The number of amidine groups is 1. The summed E-state index contributed by atoms with van der Waals surface area (Å²) in [6.45, 7) is 57.1. The minimum Gasteiger partial charge on any atom is -0.550 e. The first-order chi connectivity index (χ1) is 41.8. The van der Waals surface area contributed by atoms with Crippen LogP contribution in [0.15, 0.2) is 21.8 Å². The van der Waals surface area contributed by atoms with Crippen molar-refractivity contribution in [1.82, 2.24) is 4.98 Å². The Morgan fingerprint density at radius 1 is 0.598 bits per heavy atom. The molecule has 92 heavy (non-hydrogen) atoms. The Morgan fingerprint density at radius 3 is 1.38 bits per heavy atom. The zero-order valence-electron chi connectivity index (χ0n) is 62.5. The molecule has 3 aliphatic rings. The molecular weight excluding hydrogens is 1210 g/mol. The van der Waals surface area contributed by atoms with Gasteiger partial charge in [-0.3, -0.25) is 19.2 Å². The summed E-state index contributed by atoms with van der Waals surface area (Å²) < 4.78 is 23.5. The number of allylic oxidation sites excluding steroid dienone is 1. The van der Waals surface area contributed by atoms with E-state index in [1.807, 2.05) is 82.2 Å². The number of rotatable bonds is 24. The fourth-order valence-corrected chi connectivity index (χ4v) is 14.1. The summed E-state index contributed by atoms with van der Waals surface area (Å²) in [7, 11) is 0. The molecule has 4 unspecified atom stereocenters. The van der Waals surface area contributed by atoms with Crippen LogP contribution in [0.2, 0.25) is 0 Å². The molecule has 0 saturated heterocycles. The second kappa shape index (κ2) is 33.8. The van der Waals surface area contributed by atoms with Crippen LogP contribution in [0.5, 0.6) is 0 Å². The monoisotopic (exact) mass is 1340 g/mol. The van der Waals surface area contributed by atoms with Crippen molar-refractivity contribution in [2.24, 2.45) is 84.3 Å². The quantitative estimate of drug-likeness (QED) is 0.0426. The number of carboxylic acids is 1. The van der Waals surface area contributed by atoms with Gasteiger partial charge in [-0.1, -0.05) is 173 Å². The standard InChI is InChI=1S/C63H106N4O6.C12H20O6.Zn/c1-25-62(26-2,27-3)56(70)66-52-48(54(68)72-50-40(58(13,14)15)31-38(11)32-41(50)59(16,17)18)46(36(7)8)44(64-52)35-45-47(37(9)10)49(53(65-45)67-57(71)63(28-4,29-5)30-6)55(69)73-51-42(60(19,20)21)33-39(12)34-43(51)61(22,23)24;1-4-12(2,3)11(16)18-8-7-17-10(15)6-5-9(13)14;/h35-43,50-51H,25-34H2,1-24H3,(H3,64,65,66,67,68,69,70,71);4-8H2,1-3H3,(H,13,14);/q;;+2/p-2. The Hall–Kier alpha value is -4.66. The predicted molar refractivity (Wildman–Crippen MR) is 364 cm³/mol. The van der Waals surface area contributed by atoms with Gasteiger partial charge in [-0.2, -0.15) is 0 Å². The number of aromatic nitrogens is 1. The molecule has 2 heterocycles. The van der Waals surface area contributed by atoms with Crippen LogP contribution < -0.4 is 10.4 Å². The molecule has 2 N–H and O–H groups in total. The zero-order valence-corrected chi connectivity index (χ0v) is 65.4. The first-order valence-corrected chi connectivity index (χ1v) is 34.6. The molecule has 0 bridgehead atoms. The molecule has 4 rings (SSSR count). The van der Waals surface area contributed by atoms with E-state index < -0.39 is 40.1 Å². The average Bonchev–Trinajstić information content (AvgIpc) is 1.42. The van der Waals surface area contributed by atoms with Gasteiger partial charge in [0.15, 0.2) is 5.91 Å². The number of nitrogens with one attached hydrogen (secondary N) is 2. The SMILES string of the molecule is CCC(C)(C)C(=O)OCCOC(=O)CCC(=O)[O-].CCC(CC)(CC)C(=O)N=C1[N-]/C(=C\c2[nH]c(NC(=O)C(CC)(CC)CC)c(C(=O)OC3C(C(C)(C)C)CC(C)CC3C(C)(C)C)c2C(C)C)C(C(C)C)=C1C(=O)OC1C(C(C)(C)C)CC(C)CC1C(C)(C)C.[Zn+2]. The van der Waals surface area contributed by atoms with Crippen LogP contribution in [0, 0.1) is 79.3 Å². The molecule has 17 heteroatoms. The van der Waals surface area contributed by atoms with Gasteiger partial charge >= 0.3 is 43.4 Å². The number of aliphatic imine (C=N–C) groups is 1. The maximum Gasteiger partial charge on any atom is 2.00 e. The summed E-state index contributed by atoms with van der Waals surface area (Å²) in [4.78, 5) is 101. The molecule has 2 saturated carbocycles. The number of aliphatic carboxylic acids is 1. The van der Waals surface area contributed by atoms with E-state index in [2.05, 4.69) is 112 Å². The Morgan fingerprint density at radius 2 is 1.01 bits per heavy atom. The molecule has 0 spiro atoms. The van der Waals surface area contributed by atoms with Crippen molar-refractivity contribution in [2.75, 3.05) is 18.5 Å². The molecule has 1 aromatic rings. The van der Waals surface area contributed by atoms with E-state index in [1.54, 1.807) is 13.8 Å². The molecule has 518 valence electrons. The van der Waals surface area contributed by atoms with Gasteiger partial charge in [-0.25, -0.2) is 9.59 Å². The number of hydrogen-bond donors (Lipinski definition) is 2. The van der Waals surface area contributed by atoms with E-state index in [1.165, 1.54) is 0 Å². The summed E-state index contributed by atoms with van der Waals surface area (Å²) in [5, 5.41) is 18.5. The average molecular weight is 1340 g/mol. The molecule has 2 amide bonds. The number of esters is 4. The summed E-state index contributed by atoms with van der Waals surface area (Å²) in [5.74, 6) is -2.56. The van der Waals surface area contributed by atoms with E-state index in [4.69, 9.17) is 24.5 Å². The number of H-pyrrole nitrogens is 1. The van der Waals surface area contributed by atoms with Crippen LogP contribution in [0.1, 0.15) is 298 Å². The van der Waals surface area contributed by atoms with Gasteiger partial charge < -0.3 is 49.5 Å². The topological polar surface area (TPSA) is 234 Å². The molecule has 1 aliphatic heterocycles. The number of nitrogens with zero attached hydrogens (tertiary/aromatic N) is 2. The normalized spacial score (nSPS) is 22.7. The second-order valence-corrected chi connectivity index (χ2v) is 32.6. The van der Waals surface area contributed by atoms with E-state index in [0.717, 1.165) is 25.7 Å². The second-order valence-electron chi connectivity index (χ2n) is 32.6. The van der Waals surface area contributed by atoms with Crippen molar-refractivity contribution in [3.05, 3.63) is 39.0 Å². The Labute approximate surface area is 568 Å². The molecule has 16 nitrogen and oxygen atoms in total. The van der Waals surface area contributed by atoms with E-state index >= 15 is 9.59 Å². The number of carbonyl (C=O) groups excluding carboxylic acids is 7. The number of hydrogen-bond acceptors (Lipinski definition) is 12. The molecular formula is C75H124N4O12Zn. The van der Waals surface area contributed by atoms with Crippen molar-refractivity contribution in [2.45, 2.75) is 289 Å². The van der Waals surface area contributed by atoms with Gasteiger partial charge in [0.1, 0.15) is 36.8 Å². The van der Waals surface area contributed by atoms with Crippen molar-refractivity contribution in [3.63, 3.8) is 0 Å². The van der Waals surface area contributed by atoms with Gasteiger partial charge in [0, 0.05) is 46.2 Å². The third kappa shape index (κ3) is 20.9. The smallest absolute Gasteiger partial charge is 0.550 e. The van der Waals surface area contributed by atoms with Crippen molar-refractivity contribution < 1.29 is 77.1 Å². The largest absolute Gasteiger partial charge is 2.00 e. The maximum absolute atomic E-state index is 15.5. The van der Waals surface area contributed by atoms with E-state index in [-0.39, 0.29) is 150 Å². The molecule has 0 radical (unpaired) electrons. The Bertz CT molecular complexity index is 2720. The van der Waals surface area contributed by atoms with Gasteiger partial charge in [-0.15, -0.1) is 0 Å². The fourth-order valence-electron chi connectivity index (χ4n) is 14.1. The number of carboxylic acid groups (broad SMARTS) is 1. The van der Waals surface area contributed by atoms with E-state index in [9.17, 15) is 29.1 Å². The Kier molecular flexibility index (Phi) is 30.7. The van der Waals surface area contributed by atoms with Crippen LogP contribution in [0.3, 0.4) is 0 Å². The van der Waals surface area contributed by atoms with Gasteiger partial charge in [0.25, 0.3) is 0 Å². The number of carbonyl (C=O) groups is 7. The summed E-state index contributed by atoms with van der Waals surface area (Å²) in [6, 6.07) is 0. The van der Waals surface area contributed by atoms with Crippen LogP contribution in [0.25, 0.3) is 11.4 Å². The van der Waals surface area contributed by atoms with Crippen molar-refractivity contribution in [1.29, 1.82) is 0 Å². The third-order valence-electron chi connectivity index (χ3n) is 21.0.